The molecule has 3 nitrogen and oxygen atoms in total. The number of nitrogens with zero attached hydrogens (tertiary/aromatic N) is 1. The molecule has 1 aromatic carbocycles. The van der Waals surface area contributed by atoms with Crippen molar-refractivity contribution in [3.63, 3.8) is 0 Å². The van der Waals surface area contributed by atoms with E-state index in [1.165, 1.54) is 12.8 Å². The topological polar surface area (TPSA) is 29.5 Å². The lowest BCUT2D eigenvalue weighted by Gasteiger charge is -2.29. The van der Waals surface area contributed by atoms with E-state index in [0.29, 0.717) is 0 Å². The Bertz CT molecular complexity index is 484. The average Bonchev–Trinajstić information content (AvgIpc) is 2.61. The van der Waals surface area contributed by atoms with Gasteiger partial charge in [-0.05, 0) is 18.1 Å². The summed E-state index contributed by atoms with van der Waals surface area (Å²) in [6.45, 7) is 6.53. The maximum atomic E-state index is 12.6. The van der Waals surface area contributed by atoms with Crippen LogP contribution in [0.25, 0.3) is 6.08 Å². The number of hydrogen-bond acceptors (Lipinski definition) is 3. The van der Waals surface area contributed by atoms with Crippen molar-refractivity contribution < 1.29 is 9.53 Å². The molecule has 0 spiro atoms. The number of morpholine rings is 1. The zero-order chi connectivity index (χ0) is 16.3. The number of allylic oxidation sites excluding steroid dienone is 1. The van der Waals surface area contributed by atoms with Gasteiger partial charge in [0.15, 0.2) is 5.78 Å². The molecular weight excluding hydrogens is 366 g/mol. The lowest BCUT2D eigenvalue weighted by molar-refractivity contribution is -0.119. The Morgan fingerprint density at radius 1 is 1.21 bits per heavy atom. The van der Waals surface area contributed by atoms with Gasteiger partial charge in [-0.25, -0.2) is 0 Å². The Morgan fingerprint density at radius 3 is 2.58 bits per heavy atom. The Morgan fingerprint density at radius 2 is 1.92 bits per heavy atom. The standard InChI is InChI=1S/C20H29NO2.BrH/c1-2-3-5-10-19(17-21-13-15-23-16-14-21)20(22)12-11-18-8-6-4-7-9-18;/h4,6-9,11-12,19H,2-3,5,10,13-17H2,1H3;1H/b12-11+;. The number of carbonyl (C=O) groups is 1. The monoisotopic (exact) mass is 395 g/mol. The minimum absolute atomic E-state index is 0. The molecule has 1 aromatic rings. The summed E-state index contributed by atoms with van der Waals surface area (Å²) in [6.07, 6.45) is 8.23. The van der Waals surface area contributed by atoms with Crippen molar-refractivity contribution in [2.24, 2.45) is 5.92 Å². The highest BCUT2D eigenvalue weighted by Gasteiger charge is 2.21. The largest absolute Gasteiger partial charge is 0.379 e. The van der Waals surface area contributed by atoms with Gasteiger partial charge in [0, 0.05) is 25.6 Å². The van der Waals surface area contributed by atoms with E-state index in [4.69, 9.17) is 4.74 Å². The summed E-state index contributed by atoms with van der Waals surface area (Å²) in [5.41, 5.74) is 1.08. The second-order valence-corrected chi connectivity index (χ2v) is 6.25. The van der Waals surface area contributed by atoms with E-state index in [0.717, 1.165) is 51.3 Å². The second-order valence-electron chi connectivity index (χ2n) is 6.25. The van der Waals surface area contributed by atoms with E-state index in [2.05, 4.69) is 11.8 Å². The molecule has 1 aliphatic heterocycles. The molecule has 0 aliphatic carbocycles. The van der Waals surface area contributed by atoms with Crippen LogP contribution in [0.4, 0.5) is 0 Å². The third-order valence-electron chi connectivity index (χ3n) is 4.38. The first-order valence-electron chi connectivity index (χ1n) is 8.86. The molecule has 4 heteroatoms. The normalized spacial score (nSPS) is 16.7. The number of unbranched alkanes of at least 4 members (excludes halogenated alkanes) is 2. The Balaban J connectivity index is 0.00000288. The van der Waals surface area contributed by atoms with Gasteiger partial charge in [-0.2, -0.15) is 0 Å². The summed E-state index contributed by atoms with van der Waals surface area (Å²) in [5.74, 6) is 0.371. The first kappa shape index (κ1) is 21.1. The number of halogens is 1. The lowest BCUT2D eigenvalue weighted by Crippen LogP contribution is -2.40. The van der Waals surface area contributed by atoms with Gasteiger partial charge in [0.2, 0.25) is 0 Å². The summed E-state index contributed by atoms with van der Waals surface area (Å²) in [4.78, 5) is 15.0. The molecular formula is C20H30BrNO2. The molecule has 0 radical (unpaired) electrons. The van der Waals surface area contributed by atoms with Crippen LogP contribution >= 0.6 is 17.0 Å². The highest BCUT2D eigenvalue weighted by molar-refractivity contribution is 8.93. The Kier molecular flexibility index (Phi) is 10.9. The second kappa shape index (κ2) is 12.4. The highest BCUT2D eigenvalue weighted by atomic mass is 79.9. The van der Waals surface area contributed by atoms with E-state index in [1.807, 2.05) is 36.4 Å². The minimum atomic E-state index is 0. The van der Waals surface area contributed by atoms with Gasteiger partial charge in [0.25, 0.3) is 0 Å². The first-order chi connectivity index (χ1) is 11.3. The smallest absolute Gasteiger partial charge is 0.160 e. The van der Waals surface area contributed by atoms with Crippen LogP contribution in [0.5, 0.6) is 0 Å². The lowest BCUT2D eigenvalue weighted by atomic mass is 9.95. The molecule has 1 aliphatic rings. The first-order valence-corrected chi connectivity index (χ1v) is 8.86. The summed E-state index contributed by atoms with van der Waals surface area (Å²) < 4.78 is 5.41. The number of ether oxygens (including phenoxy) is 1. The number of hydrogen-bond donors (Lipinski definition) is 0. The number of benzene rings is 1. The number of carbonyl (C=O) groups excluding carboxylic acids is 1. The van der Waals surface area contributed by atoms with Gasteiger partial charge >= 0.3 is 0 Å². The fourth-order valence-electron chi connectivity index (χ4n) is 2.94. The van der Waals surface area contributed by atoms with E-state index in [1.54, 1.807) is 6.08 Å². The fourth-order valence-corrected chi connectivity index (χ4v) is 2.94. The van der Waals surface area contributed by atoms with Crippen molar-refractivity contribution >= 4 is 28.8 Å². The van der Waals surface area contributed by atoms with E-state index in [9.17, 15) is 4.79 Å². The van der Waals surface area contributed by atoms with Crippen molar-refractivity contribution in [3.05, 3.63) is 42.0 Å². The molecule has 0 aromatic heterocycles. The van der Waals surface area contributed by atoms with Gasteiger partial charge in [-0.15, -0.1) is 17.0 Å². The Labute approximate surface area is 156 Å². The van der Waals surface area contributed by atoms with Crippen molar-refractivity contribution in [3.8, 4) is 0 Å². The molecule has 1 atom stereocenters. The minimum Gasteiger partial charge on any atom is -0.379 e. The van der Waals surface area contributed by atoms with Crippen LogP contribution in [0.2, 0.25) is 0 Å². The molecule has 134 valence electrons. The summed E-state index contributed by atoms with van der Waals surface area (Å²) >= 11 is 0. The molecule has 1 saturated heterocycles. The van der Waals surface area contributed by atoms with Crippen molar-refractivity contribution in [1.82, 2.24) is 4.90 Å². The van der Waals surface area contributed by atoms with Gasteiger partial charge in [0.05, 0.1) is 13.2 Å². The molecule has 24 heavy (non-hydrogen) atoms. The third kappa shape index (κ3) is 7.73. The van der Waals surface area contributed by atoms with Gasteiger partial charge < -0.3 is 4.74 Å². The molecule has 0 N–H and O–H groups in total. The highest BCUT2D eigenvalue weighted by Crippen LogP contribution is 2.15. The predicted octanol–water partition coefficient (Wildman–Crippen LogP) is 4.38. The van der Waals surface area contributed by atoms with Crippen molar-refractivity contribution in [2.75, 3.05) is 32.8 Å². The predicted molar refractivity (Wildman–Crippen MR) is 106 cm³/mol. The maximum absolute atomic E-state index is 12.6. The van der Waals surface area contributed by atoms with Gasteiger partial charge in [-0.3, -0.25) is 9.69 Å². The van der Waals surface area contributed by atoms with Crippen LogP contribution in [0, 0.1) is 5.92 Å². The van der Waals surface area contributed by atoms with Gasteiger partial charge in [0.1, 0.15) is 0 Å². The molecule has 0 amide bonds. The van der Waals surface area contributed by atoms with Crippen molar-refractivity contribution in [2.45, 2.75) is 32.6 Å². The molecule has 2 rings (SSSR count). The quantitative estimate of drug-likeness (QED) is 0.459. The number of rotatable bonds is 9. The fraction of sp³-hybridized carbons (Fsp3) is 0.550. The molecule has 0 saturated carbocycles. The summed E-state index contributed by atoms with van der Waals surface area (Å²) in [6, 6.07) is 10.0. The van der Waals surface area contributed by atoms with Crippen LogP contribution in [0.1, 0.15) is 38.2 Å². The van der Waals surface area contributed by atoms with E-state index in [-0.39, 0.29) is 28.7 Å². The Hall–Kier alpha value is -0.970. The average molecular weight is 396 g/mol. The van der Waals surface area contributed by atoms with Crippen LogP contribution in [-0.2, 0) is 9.53 Å². The van der Waals surface area contributed by atoms with E-state index >= 15 is 0 Å². The van der Waals surface area contributed by atoms with E-state index < -0.39 is 0 Å². The van der Waals surface area contributed by atoms with Crippen LogP contribution in [0.15, 0.2) is 36.4 Å². The van der Waals surface area contributed by atoms with Crippen LogP contribution in [-0.4, -0.2) is 43.5 Å². The molecule has 0 bridgehead atoms. The zero-order valence-electron chi connectivity index (χ0n) is 14.7. The van der Waals surface area contributed by atoms with Crippen molar-refractivity contribution in [1.29, 1.82) is 0 Å². The number of ketones is 1. The van der Waals surface area contributed by atoms with Crippen LogP contribution in [0.3, 0.4) is 0 Å². The maximum Gasteiger partial charge on any atom is 0.160 e. The van der Waals surface area contributed by atoms with Crippen LogP contribution < -0.4 is 0 Å². The third-order valence-corrected chi connectivity index (χ3v) is 4.38. The molecule has 1 unspecified atom stereocenters. The SMILES string of the molecule is Br.CCCCCC(CN1CCOCC1)C(=O)/C=C/c1ccccc1. The van der Waals surface area contributed by atoms with Gasteiger partial charge in [-0.1, -0.05) is 62.6 Å². The molecule has 1 heterocycles. The summed E-state index contributed by atoms with van der Waals surface area (Å²) in [7, 11) is 0. The summed E-state index contributed by atoms with van der Waals surface area (Å²) in [5, 5.41) is 0. The zero-order valence-corrected chi connectivity index (χ0v) is 16.4. The molecule has 1 fully saturated rings.